The quantitative estimate of drug-likeness (QED) is 0.660. The van der Waals surface area contributed by atoms with Gasteiger partial charge in [-0.3, -0.25) is 0 Å². The van der Waals surface area contributed by atoms with Gasteiger partial charge >= 0.3 is 0 Å². The normalized spacial score (nSPS) is 35.2. The van der Waals surface area contributed by atoms with E-state index in [0.717, 1.165) is 19.4 Å². The lowest BCUT2D eigenvalue weighted by Gasteiger charge is -2.30. The summed E-state index contributed by atoms with van der Waals surface area (Å²) in [6, 6.07) is 0.287. The van der Waals surface area contributed by atoms with E-state index in [1.807, 2.05) is 0 Å². The van der Waals surface area contributed by atoms with Crippen molar-refractivity contribution in [2.75, 3.05) is 6.61 Å². The van der Waals surface area contributed by atoms with Gasteiger partial charge in [-0.1, -0.05) is 20.3 Å². The molecule has 1 rings (SSSR count). The van der Waals surface area contributed by atoms with E-state index in [1.165, 1.54) is 6.42 Å². The minimum Gasteiger partial charge on any atom is -0.376 e. The molecule has 1 aliphatic rings. The van der Waals surface area contributed by atoms with Gasteiger partial charge in [-0.2, -0.15) is 0 Å². The molecule has 1 aliphatic heterocycles. The van der Waals surface area contributed by atoms with Crippen LogP contribution in [0.5, 0.6) is 0 Å². The molecule has 2 N–H and O–H groups in total. The first-order valence-electron chi connectivity index (χ1n) is 4.61. The molecule has 0 aromatic carbocycles. The number of hydrogen-bond acceptors (Lipinski definition) is 2. The van der Waals surface area contributed by atoms with Gasteiger partial charge in [0.05, 0.1) is 12.7 Å². The first kappa shape index (κ1) is 9.01. The zero-order valence-corrected chi connectivity index (χ0v) is 7.55. The van der Waals surface area contributed by atoms with Gasteiger partial charge in [-0.05, 0) is 18.8 Å². The van der Waals surface area contributed by atoms with Gasteiger partial charge in [-0.15, -0.1) is 0 Å². The molecule has 0 saturated carbocycles. The summed E-state index contributed by atoms with van der Waals surface area (Å²) >= 11 is 0. The van der Waals surface area contributed by atoms with Crippen LogP contribution < -0.4 is 5.73 Å². The SMILES string of the molecule is CC[C@H](C)C1CC[C@H](N)CO1. The van der Waals surface area contributed by atoms with Crippen molar-refractivity contribution in [3.63, 3.8) is 0 Å². The average Bonchev–Trinajstić information content (AvgIpc) is 2.05. The summed E-state index contributed by atoms with van der Waals surface area (Å²) in [5.41, 5.74) is 5.71. The second-order valence-corrected chi connectivity index (χ2v) is 3.59. The van der Waals surface area contributed by atoms with E-state index in [4.69, 9.17) is 10.5 Å². The third-order valence-electron chi connectivity index (χ3n) is 2.62. The van der Waals surface area contributed by atoms with E-state index in [1.54, 1.807) is 0 Å². The zero-order valence-electron chi connectivity index (χ0n) is 7.55. The fourth-order valence-corrected chi connectivity index (χ4v) is 1.50. The Morgan fingerprint density at radius 2 is 2.27 bits per heavy atom. The lowest BCUT2D eigenvalue weighted by atomic mass is 9.94. The summed E-state index contributed by atoms with van der Waals surface area (Å²) in [7, 11) is 0. The van der Waals surface area contributed by atoms with Crippen molar-refractivity contribution in [3.8, 4) is 0 Å². The van der Waals surface area contributed by atoms with E-state index >= 15 is 0 Å². The molecule has 2 heteroatoms. The van der Waals surface area contributed by atoms with Crippen molar-refractivity contribution < 1.29 is 4.74 Å². The van der Waals surface area contributed by atoms with Gasteiger partial charge in [0.2, 0.25) is 0 Å². The van der Waals surface area contributed by atoms with Crippen molar-refractivity contribution in [2.45, 2.75) is 45.3 Å². The molecular weight excluding hydrogens is 138 g/mol. The largest absolute Gasteiger partial charge is 0.376 e. The van der Waals surface area contributed by atoms with E-state index in [9.17, 15) is 0 Å². The maximum Gasteiger partial charge on any atom is 0.0621 e. The number of nitrogens with two attached hydrogens (primary N) is 1. The molecule has 2 nitrogen and oxygen atoms in total. The van der Waals surface area contributed by atoms with Gasteiger partial charge in [0.1, 0.15) is 0 Å². The van der Waals surface area contributed by atoms with Crippen molar-refractivity contribution in [1.82, 2.24) is 0 Å². The smallest absolute Gasteiger partial charge is 0.0621 e. The minimum atomic E-state index is 0.287. The lowest BCUT2D eigenvalue weighted by Crippen LogP contribution is -2.37. The molecule has 1 saturated heterocycles. The molecular formula is C9H19NO. The fourth-order valence-electron chi connectivity index (χ4n) is 1.50. The molecule has 11 heavy (non-hydrogen) atoms. The average molecular weight is 157 g/mol. The van der Waals surface area contributed by atoms with Crippen molar-refractivity contribution in [1.29, 1.82) is 0 Å². The van der Waals surface area contributed by atoms with Crippen LogP contribution in [0.25, 0.3) is 0 Å². The molecule has 1 unspecified atom stereocenters. The Morgan fingerprint density at radius 3 is 2.73 bits per heavy atom. The second-order valence-electron chi connectivity index (χ2n) is 3.59. The Balaban J connectivity index is 2.27. The highest BCUT2D eigenvalue weighted by Gasteiger charge is 2.22. The van der Waals surface area contributed by atoms with E-state index in [0.29, 0.717) is 12.0 Å². The van der Waals surface area contributed by atoms with Crippen molar-refractivity contribution in [2.24, 2.45) is 11.7 Å². The summed E-state index contributed by atoms with van der Waals surface area (Å²) < 4.78 is 5.62. The van der Waals surface area contributed by atoms with Crippen LogP contribution in [0.1, 0.15) is 33.1 Å². The predicted octanol–water partition coefficient (Wildman–Crippen LogP) is 1.54. The molecule has 0 amide bonds. The third-order valence-corrected chi connectivity index (χ3v) is 2.62. The Bertz CT molecular complexity index is 108. The maximum atomic E-state index is 5.71. The van der Waals surface area contributed by atoms with Gasteiger partial charge in [0.25, 0.3) is 0 Å². The summed E-state index contributed by atoms with van der Waals surface area (Å²) in [5, 5.41) is 0. The summed E-state index contributed by atoms with van der Waals surface area (Å²) in [5.74, 6) is 0.697. The van der Waals surface area contributed by atoms with Crippen molar-refractivity contribution in [3.05, 3.63) is 0 Å². The predicted molar refractivity (Wildman–Crippen MR) is 46.4 cm³/mol. The second kappa shape index (κ2) is 4.07. The monoisotopic (exact) mass is 157 g/mol. The van der Waals surface area contributed by atoms with E-state index in [2.05, 4.69) is 13.8 Å². The first-order valence-corrected chi connectivity index (χ1v) is 4.61. The highest BCUT2D eigenvalue weighted by atomic mass is 16.5. The van der Waals surface area contributed by atoms with Crippen LogP contribution in [0.2, 0.25) is 0 Å². The molecule has 0 aromatic heterocycles. The molecule has 0 aliphatic carbocycles. The van der Waals surface area contributed by atoms with E-state index < -0.39 is 0 Å². The van der Waals surface area contributed by atoms with Gasteiger partial charge in [0, 0.05) is 6.04 Å². The molecule has 1 heterocycles. The highest BCUT2D eigenvalue weighted by Crippen LogP contribution is 2.21. The number of hydrogen-bond donors (Lipinski definition) is 1. The third kappa shape index (κ3) is 2.46. The molecule has 0 radical (unpaired) electrons. The van der Waals surface area contributed by atoms with Gasteiger partial charge in [-0.25, -0.2) is 0 Å². The van der Waals surface area contributed by atoms with Crippen LogP contribution in [-0.2, 0) is 4.74 Å². The fraction of sp³-hybridized carbons (Fsp3) is 1.00. The lowest BCUT2D eigenvalue weighted by molar-refractivity contribution is -0.0259. The van der Waals surface area contributed by atoms with Crippen LogP contribution in [0, 0.1) is 5.92 Å². The minimum absolute atomic E-state index is 0.287. The maximum absolute atomic E-state index is 5.71. The molecule has 0 aromatic rings. The van der Waals surface area contributed by atoms with Crippen LogP contribution in [-0.4, -0.2) is 18.8 Å². The number of ether oxygens (including phenoxy) is 1. The van der Waals surface area contributed by atoms with Crippen LogP contribution in [0.15, 0.2) is 0 Å². The van der Waals surface area contributed by atoms with Gasteiger partial charge < -0.3 is 10.5 Å². The Hall–Kier alpha value is -0.0800. The van der Waals surface area contributed by atoms with E-state index in [-0.39, 0.29) is 6.04 Å². The summed E-state index contributed by atoms with van der Waals surface area (Å²) in [6.07, 6.45) is 3.96. The standard InChI is InChI=1S/C9H19NO/c1-3-7(2)9-5-4-8(10)6-11-9/h7-9H,3-6,10H2,1-2H3/t7-,8-,9?/m0/s1. The number of rotatable bonds is 2. The zero-order chi connectivity index (χ0) is 8.27. The topological polar surface area (TPSA) is 35.2 Å². The molecule has 0 spiro atoms. The molecule has 0 bridgehead atoms. The summed E-state index contributed by atoms with van der Waals surface area (Å²) in [4.78, 5) is 0. The van der Waals surface area contributed by atoms with Crippen LogP contribution in [0.3, 0.4) is 0 Å². The summed E-state index contributed by atoms with van der Waals surface area (Å²) in [6.45, 7) is 5.22. The van der Waals surface area contributed by atoms with Gasteiger partial charge in [0.15, 0.2) is 0 Å². The molecule has 1 fully saturated rings. The Kier molecular flexibility index (Phi) is 3.34. The van der Waals surface area contributed by atoms with Crippen LogP contribution in [0.4, 0.5) is 0 Å². The Morgan fingerprint density at radius 1 is 1.55 bits per heavy atom. The van der Waals surface area contributed by atoms with Crippen molar-refractivity contribution >= 4 is 0 Å². The highest BCUT2D eigenvalue weighted by molar-refractivity contribution is 4.75. The molecule has 3 atom stereocenters. The van der Waals surface area contributed by atoms with Crippen LogP contribution >= 0.6 is 0 Å². The first-order chi connectivity index (χ1) is 5.24. The molecule has 66 valence electrons. The Labute approximate surface area is 69.1 Å².